The van der Waals surface area contributed by atoms with Crippen molar-refractivity contribution in [3.05, 3.63) is 55.3 Å². The number of pyridine rings is 2. The van der Waals surface area contributed by atoms with Crippen LogP contribution in [0.5, 0.6) is 11.5 Å². The third kappa shape index (κ3) is 4.65. The quantitative estimate of drug-likeness (QED) is 0.470. The van der Waals surface area contributed by atoms with Crippen LogP contribution in [0.3, 0.4) is 0 Å². The molecule has 10 nitrogen and oxygen atoms in total. The Balaban J connectivity index is 0.000000211. The molecule has 0 saturated carbocycles. The summed E-state index contributed by atoms with van der Waals surface area (Å²) in [4.78, 5) is 25.4. The number of halogens is 1. The number of aromatic hydroxyl groups is 2. The molecule has 0 aliphatic carbocycles. The van der Waals surface area contributed by atoms with Crippen LogP contribution in [0.25, 0.3) is 0 Å². The molecular formula is C10H7BrN4O6. The fourth-order valence-electron chi connectivity index (χ4n) is 1.08. The molecule has 2 N–H and O–H groups in total. The molecule has 0 fully saturated rings. The highest BCUT2D eigenvalue weighted by Crippen LogP contribution is 2.24. The molecule has 110 valence electrons. The largest absolute Gasteiger partial charge is 0.501 e. The third-order valence-electron chi connectivity index (χ3n) is 1.93. The van der Waals surface area contributed by atoms with Crippen molar-refractivity contribution in [2.45, 2.75) is 0 Å². The second-order valence-electron chi connectivity index (χ2n) is 3.34. The van der Waals surface area contributed by atoms with Gasteiger partial charge in [-0.15, -0.1) is 0 Å². The molecule has 11 heteroatoms. The monoisotopic (exact) mass is 358 g/mol. The molecule has 2 heterocycles. The van der Waals surface area contributed by atoms with Gasteiger partial charge in [-0.3, -0.25) is 0 Å². The van der Waals surface area contributed by atoms with E-state index < -0.39 is 33.0 Å². The Kier molecular flexibility index (Phi) is 5.48. The Hall–Kier alpha value is -2.82. The predicted octanol–water partition coefficient (Wildman–Crippen LogP) is 2.15. The Morgan fingerprint density at radius 3 is 2.00 bits per heavy atom. The van der Waals surface area contributed by atoms with Gasteiger partial charge in [-0.05, 0) is 38.0 Å². The van der Waals surface area contributed by atoms with E-state index in [1.165, 1.54) is 30.5 Å². The van der Waals surface area contributed by atoms with Crippen LogP contribution in [-0.4, -0.2) is 30.0 Å². The first kappa shape index (κ1) is 16.2. The van der Waals surface area contributed by atoms with E-state index in [0.717, 1.165) is 0 Å². The number of hydrogen-bond donors (Lipinski definition) is 2. The van der Waals surface area contributed by atoms with Gasteiger partial charge in [0.2, 0.25) is 16.1 Å². The average Bonchev–Trinajstić information content (AvgIpc) is 2.42. The molecule has 0 saturated heterocycles. The van der Waals surface area contributed by atoms with Crippen molar-refractivity contribution in [2.75, 3.05) is 0 Å². The van der Waals surface area contributed by atoms with Gasteiger partial charge in [0, 0.05) is 22.0 Å². The van der Waals surface area contributed by atoms with Crippen LogP contribution >= 0.6 is 15.9 Å². The van der Waals surface area contributed by atoms with Crippen molar-refractivity contribution in [3.63, 3.8) is 0 Å². The summed E-state index contributed by atoms with van der Waals surface area (Å²) < 4.78 is 0.321. The topological polar surface area (TPSA) is 153 Å². The Labute approximate surface area is 125 Å². The minimum atomic E-state index is -0.750. The van der Waals surface area contributed by atoms with E-state index in [9.17, 15) is 20.2 Å². The van der Waals surface area contributed by atoms with E-state index >= 15 is 0 Å². The van der Waals surface area contributed by atoms with Crippen molar-refractivity contribution in [1.29, 1.82) is 0 Å². The van der Waals surface area contributed by atoms with Gasteiger partial charge in [-0.1, -0.05) is 0 Å². The Morgan fingerprint density at radius 2 is 1.57 bits per heavy atom. The van der Waals surface area contributed by atoms with Crippen molar-refractivity contribution < 1.29 is 20.1 Å². The lowest BCUT2D eigenvalue weighted by Crippen LogP contribution is -1.92. The van der Waals surface area contributed by atoms with E-state index in [2.05, 4.69) is 25.9 Å². The Bertz CT molecular complexity index is 680. The minimum Gasteiger partial charge on any atom is -0.501 e. The first-order valence-electron chi connectivity index (χ1n) is 5.11. The number of aromatic nitrogens is 2. The first-order chi connectivity index (χ1) is 9.82. The zero-order valence-electron chi connectivity index (χ0n) is 10.1. The summed E-state index contributed by atoms with van der Waals surface area (Å²) in [5.41, 5.74) is 0. The van der Waals surface area contributed by atoms with Crippen molar-refractivity contribution in [1.82, 2.24) is 9.97 Å². The van der Waals surface area contributed by atoms with Crippen molar-refractivity contribution >= 4 is 27.6 Å². The minimum absolute atomic E-state index is 0.321. The molecule has 2 aromatic heterocycles. The molecule has 0 aliphatic rings. The Morgan fingerprint density at radius 1 is 1.00 bits per heavy atom. The molecule has 0 radical (unpaired) electrons. The third-order valence-corrected chi connectivity index (χ3v) is 2.37. The molecule has 2 aromatic rings. The molecule has 21 heavy (non-hydrogen) atoms. The van der Waals surface area contributed by atoms with E-state index in [1.807, 2.05) is 0 Å². The fourth-order valence-corrected chi connectivity index (χ4v) is 1.38. The van der Waals surface area contributed by atoms with E-state index in [4.69, 9.17) is 10.2 Å². The van der Waals surface area contributed by atoms with Crippen LogP contribution < -0.4 is 0 Å². The molecule has 0 atom stereocenters. The van der Waals surface area contributed by atoms with Gasteiger partial charge in [-0.25, -0.2) is 0 Å². The number of hydrogen-bond acceptors (Lipinski definition) is 8. The summed E-state index contributed by atoms with van der Waals surface area (Å²) in [6.45, 7) is 0. The van der Waals surface area contributed by atoms with Gasteiger partial charge in [0.25, 0.3) is 0 Å². The maximum Gasteiger partial charge on any atom is 0.407 e. The maximum atomic E-state index is 10.1. The number of nitrogens with zero attached hydrogens (tertiary/aromatic N) is 4. The predicted molar refractivity (Wildman–Crippen MR) is 72.8 cm³/mol. The molecule has 0 bridgehead atoms. The summed E-state index contributed by atoms with van der Waals surface area (Å²) in [6, 6.07) is 5.25. The van der Waals surface area contributed by atoms with Gasteiger partial charge < -0.3 is 30.4 Å². The second-order valence-corrected chi connectivity index (χ2v) is 4.15. The van der Waals surface area contributed by atoms with Crippen LogP contribution in [0.4, 0.5) is 11.6 Å². The lowest BCUT2D eigenvalue weighted by molar-refractivity contribution is -0.390. The highest BCUT2D eigenvalue weighted by Gasteiger charge is 2.14. The lowest BCUT2D eigenvalue weighted by atomic mass is 10.4. The molecule has 0 aliphatic heterocycles. The standard InChI is InChI=1S/C5H3BrN2O3.C5H4N2O3/c6-4-2-1-3(9)5(7-4)8(10)11;8-4-2-1-3-6-5(4)7(9)10/h1-2,9H;1-3,8H. The van der Waals surface area contributed by atoms with Gasteiger partial charge in [0.05, 0.1) is 0 Å². The highest BCUT2D eigenvalue weighted by molar-refractivity contribution is 9.10. The first-order valence-corrected chi connectivity index (χ1v) is 5.90. The van der Waals surface area contributed by atoms with E-state index in [0.29, 0.717) is 4.60 Å². The molecular weight excluding hydrogens is 352 g/mol. The molecule has 0 spiro atoms. The van der Waals surface area contributed by atoms with Crippen LogP contribution in [0.1, 0.15) is 0 Å². The fraction of sp³-hybridized carbons (Fsp3) is 0. The molecule has 2 rings (SSSR count). The number of rotatable bonds is 2. The van der Waals surface area contributed by atoms with Gasteiger partial charge in [0.1, 0.15) is 6.20 Å². The van der Waals surface area contributed by atoms with Crippen molar-refractivity contribution in [3.8, 4) is 11.5 Å². The summed E-state index contributed by atoms with van der Waals surface area (Å²) in [6.07, 6.45) is 1.25. The van der Waals surface area contributed by atoms with Crippen LogP contribution in [0.15, 0.2) is 35.1 Å². The summed E-state index contributed by atoms with van der Waals surface area (Å²) in [7, 11) is 0. The van der Waals surface area contributed by atoms with Crippen molar-refractivity contribution in [2.24, 2.45) is 0 Å². The molecule has 0 unspecified atom stereocenters. The normalized spacial score (nSPS) is 9.38. The summed E-state index contributed by atoms with van der Waals surface area (Å²) in [5.74, 6) is -1.90. The van der Waals surface area contributed by atoms with E-state index in [1.54, 1.807) is 0 Å². The van der Waals surface area contributed by atoms with Gasteiger partial charge in [0.15, 0.2) is 0 Å². The summed E-state index contributed by atoms with van der Waals surface area (Å²) >= 11 is 2.94. The highest BCUT2D eigenvalue weighted by atomic mass is 79.9. The van der Waals surface area contributed by atoms with E-state index in [-0.39, 0.29) is 0 Å². The zero-order valence-corrected chi connectivity index (χ0v) is 11.7. The smallest absolute Gasteiger partial charge is 0.407 e. The van der Waals surface area contributed by atoms with Gasteiger partial charge >= 0.3 is 11.6 Å². The average molecular weight is 359 g/mol. The zero-order chi connectivity index (χ0) is 16.0. The van der Waals surface area contributed by atoms with Crippen LogP contribution in [0.2, 0.25) is 0 Å². The van der Waals surface area contributed by atoms with Gasteiger partial charge in [-0.2, -0.15) is 0 Å². The maximum absolute atomic E-state index is 10.1. The van der Waals surface area contributed by atoms with Crippen LogP contribution in [0, 0.1) is 20.2 Å². The van der Waals surface area contributed by atoms with Crippen LogP contribution in [-0.2, 0) is 0 Å². The number of nitro groups is 2. The lowest BCUT2D eigenvalue weighted by Gasteiger charge is -1.93. The summed E-state index contributed by atoms with van der Waals surface area (Å²) in [5, 5.41) is 37.8. The SMILES string of the molecule is O=[N+]([O-])c1nc(Br)ccc1O.O=[N+]([O-])c1ncccc1O. The molecule has 0 amide bonds. The molecule has 0 aromatic carbocycles. The second kappa shape index (κ2) is 7.09.